The summed E-state index contributed by atoms with van der Waals surface area (Å²) in [5.41, 5.74) is 9.55. The van der Waals surface area contributed by atoms with E-state index in [1.54, 1.807) is 11.3 Å². The maximum Gasteiger partial charge on any atom is 0.462 e. The lowest BCUT2D eigenvalue weighted by Gasteiger charge is -2.15. The highest BCUT2D eigenvalue weighted by molar-refractivity contribution is 6.48. The summed E-state index contributed by atoms with van der Waals surface area (Å²) in [4.78, 5) is 0. The second-order valence-corrected chi connectivity index (χ2v) is 6.92. The van der Waals surface area contributed by atoms with E-state index < -0.39 is 7.12 Å². The van der Waals surface area contributed by atoms with E-state index in [0.29, 0.717) is 0 Å². The highest BCUT2D eigenvalue weighted by Crippen LogP contribution is 2.36. The van der Waals surface area contributed by atoms with Crippen molar-refractivity contribution in [3.8, 4) is 0 Å². The number of halogens is 1. The SMILES string of the molecule is CCC1=C(C)/C(=C(\CO)c2c(C)c(CC)c(C)n2B(C)F)[N+](C)=C1C. The molecule has 1 aromatic rings. The van der Waals surface area contributed by atoms with Gasteiger partial charge < -0.3 is 13.9 Å². The van der Waals surface area contributed by atoms with Crippen molar-refractivity contribution in [2.75, 3.05) is 13.7 Å². The Labute approximate surface area is 151 Å². The Kier molecular flexibility index (Phi) is 5.77. The van der Waals surface area contributed by atoms with E-state index in [4.69, 9.17) is 0 Å². The number of hydrogen-bond acceptors (Lipinski definition) is 1. The second-order valence-electron chi connectivity index (χ2n) is 6.92. The van der Waals surface area contributed by atoms with Crippen molar-refractivity contribution in [3.63, 3.8) is 0 Å². The van der Waals surface area contributed by atoms with Gasteiger partial charge in [-0.3, -0.25) is 0 Å². The molecule has 0 unspecified atom stereocenters. The average Bonchev–Trinajstić information content (AvgIpc) is 2.93. The highest BCUT2D eigenvalue weighted by atomic mass is 19.1. The molecule has 1 aliphatic rings. The van der Waals surface area contributed by atoms with Crippen LogP contribution in [0.25, 0.3) is 5.57 Å². The molecular formula is C20H31BFN2O+. The van der Waals surface area contributed by atoms with Gasteiger partial charge in [0.15, 0.2) is 5.71 Å². The Morgan fingerprint density at radius 3 is 2.16 bits per heavy atom. The van der Waals surface area contributed by atoms with Crippen LogP contribution in [0.3, 0.4) is 0 Å². The third-order valence-corrected chi connectivity index (χ3v) is 5.72. The summed E-state index contributed by atoms with van der Waals surface area (Å²) in [5, 5.41) is 10.3. The molecule has 5 heteroatoms. The van der Waals surface area contributed by atoms with Gasteiger partial charge in [-0.1, -0.05) is 13.8 Å². The quantitative estimate of drug-likeness (QED) is 0.630. The first-order valence-electron chi connectivity index (χ1n) is 9.19. The molecule has 0 atom stereocenters. The normalized spacial score (nSPS) is 17.0. The molecule has 1 aromatic heterocycles. The van der Waals surface area contributed by atoms with Gasteiger partial charge in [-0.05, 0) is 51.6 Å². The summed E-state index contributed by atoms with van der Waals surface area (Å²) in [6.45, 7) is 13.9. The summed E-state index contributed by atoms with van der Waals surface area (Å²) >= 11 is 0. The van der Waals surface area contributed by atoms with E-state index in [1.165, 1.54) is 22.4 Å². The van der Waals surface area contributed by atoms with Gasteiger partial charge >= 0.3 is 7.12 Å². The molecule has 3 nitrogen and oxygen atoms in total. The number of allylic oxidation sites excluding steroid dienone is 2. The van der Waals surface area contributed by atoms with E-state index in [-0.39, 0.29) is 6.61 Å². The molecule has 0 aromatic carbocycles. The first-order valence-corrected chi connectivity index (χ1v) is 9.19. The summed E-state index contributed by atoms with van der Waals surface area (Å²) in [7, 11) is 0.893. The number of aliphatic hydroxyl groups excluding tert-OH is 1. The molecule has 0 saturated carbocycles. The maximum absolute atomic E-state index is 14.5. The summed E-state index contributed by atoms with van der Waals surface area (Å²) in [6, 6.07) is 0. The Hall–Kier alpha value is -1.62. The van der Waals surface area contributed by atoms with Gasteiger partial charge in [0.2, 0.25) is 5.70 Å². The van der Waals surface area contributed by atoms with Crippen LogP contribution in [0, 0.1) is 13.8 Å². The molecule has 0 saturated heterocycles. The largest absolute Gasteiger partial charge is 0.462 e. The number of aromatic nitrogens is 1. The van der Waals surface area contributed by atoms with Gasteiger partial charge in [-0.15, -0.1) is 0 Å². The number of rotatable bonds is 5. The summed E-state index contributed by atoms with van der Waals surface area (Å²) in [5.74, 6) is 0. The van der Waals surface area contributed by atoms with Gasteiger partial charge in [0.05, 0.1) is 12.2 Å². The van der Waals surface area contributed by atoms with E-state index in [1.807, 2.05) is 20.9 Å². The molecule has 0 bridgehead atoms. The zero-order valence-electron chi connectivity index (χ0n) is 16.9. The van der Waals surface area contributed by atoms with Crippen LogP contribution in [0.4, 0.5) is 4.32 Å². The number of hydrogen-bond donors (Lipinski definition) is 1. The van der Waals surface area contributed by atoms with Gasteiger partial charge in [0, 0.05) is 29.5 Å². The van der Waals surface area contributed by atoms with Crippen LogP contribution >= 0.6 is 0 Å². The van der Waals surface area contributed by atoms with Gasteiger partial charge in [0.25, 0.3) is 0 Å². The minimum absolute atomic E-state index is 0.110. The molecule has 0 radical (unpaired) electrons. The van der Waals surface area contributed by atoms with E-state index in [9.17, 15) is 9.42 Å². The number of nitrogens with zero attached hydrogens (tertiary/aromatic N) is 2. The predicted octanol–water partition coefficient (Wildman–Crippen LogP) is 4.15. The van der Waals surface area contributed by atoms with Gasteiger partial charge in [-0.2, -0.15) is 4.58 Å². The van der Waals surface area contributed by atoms with E-state index in [2.05, 4.69) is 32.3 Å². The molecule has 0 spiro atoms. The second kappa shape index (κ2) is 7.32. The molecule has 136 valence electrons. The van der Waals surface area contributed by atoms with Crippen LogP contribution in [-0.4, -0.2) is 40.7 Å². The van der Waals surface area contributed by atoms with Crippen LogP contribution in [0.5, 0.6) is 0 Å². The van der Waals surface area contributed by atoms with Crippen LogP contribution in [-0.2, 0) is 6.42 Å². The first kappa shape index (κ1) is 19.7. The standard InChI is InChI=1S/C20H31BFN2O/c1-9-16-12(3)19(23(8)14(16)5)18(11-25)20-13(4)17(10-2)15(6)24(20)21(7)22/h25H,9-11H2,1-8H3/q+1. The third-order valence-electron chi connectivity index (χ3n) is 5.72. The molecule has 0 aliphatic carbocycles. The topological polar surface area (TPSA) is 28.2 Å². The zero-order chi connectivity index (χ0) is 19.0. The monoisotopic (exact) mass is 345 g/mol. The fraction of sp³-hybridized carbons (Fsp3) is 0.550. The first-order chi connectivity index (χ1) is 11.7. The predicted molar refractivity (Wildman–Crippen MR) is 105 cm³/mol. The molecule has 0 fully saturated rings. The fourth-order valence-electron chi connectivity index (χ4n) is 4.49. The zero-order valence-corrected chi connectivity index (χ0v) is 16.9. The molecule has 2 heterocycles. The van der Waals surface area contributed by atoms with Crippen LogP contribution < -0.4 is 0 Å². The van der Waals surface area contributed by atoms with Crippen molar-refractivity contribution in [2.24, 2.45) is 0 Å². The lowest BCUT2D eigenvalue weighted by atomic mass is 9.89. The molecular weight excluding hydrogens is 314 g/mol. The summed E-state index contributed by atoms with van der Waals surface area (Å²) in [6.07, 6.45) is 1.80. The van der Waals surface area contributed by atoms with Gasteiger partial charge in [0.1, 0.15) is 7.05 Å². The van der Waals surface area contributed by atoms with Crippen molar-refractivity contribution in [1.82, 2.24) is 4.48 Å². The van der Waals surface area contributed by atoms with Crippen molar-refractivity contribution in [3.05, 3.63) is 39.4 Å². The van der Waals surface area contributed by atoms with Crippen molar-refractivity contribution >= 4 is 18.4 Å². The lowest BCUT2D eigenvalue weighted by molar-refractivity contribution is -0.435. The van der Waals surface area contributed by atoms with E-state index >= 15 is 0 Å². The Balaban J connectivity index is 2.91. The Bertz CT molecular complexity index is 797. The van der Waals surface area contributed by atoms with Crippen molar-refractivity contribution < 1.29 is 14.0 Å². The van der Waals surface area contributed by atoms with Crippen LogP contribution in [0.15, 0.2) is 16.8 Å². The summed E-state index contributed by atoms with van der Waals surface area (Å²) < 4.78 is 18.4. The van der Waals surface area contributed by atoms with Gasteiger partial charge in [-0.25, -0.2) is 0 Å². The minimum Gasteiger partial charge on any atom is -0.391 e. The molecule has 2 rings (SSSR count). The Morgan fingerprint density at radius 1 is 1.16 bits per heavy atom. The molecule has 1 N–H and O–H groups in total. The molecule has 1 aliphatic heterocycles. The van der Waals surface area contributed by atoms with Crippen LogP contribution in [0.2, 0.25) is 6.82 Å². The number of aliphatic hydroxyl groups is 1. The minimum atomic E-state index is -1.14. The van der Waals surface area contributed by atoms with Crippen LogP contribution in [0.1, 0.15) is 56.6 Å². The molecule has 25 heavy (non-hydrogen) atoms. The van der Waals surface area contributed by atoms with Crippen molar-refractivity contribution in [2.45, 2.75) is 61.2 Å². The lowest BCUT2D eigenvalue weighted by Crippen LogP contribution is -2.21. The number of likely N-dealkylation sites (N-methyl/N-ethyl adjacent to an activating group) is 1. The third kappa shape index (κ3) is 2.93. The smallest absolute Gasteiger partial charge is 0.391 e. The van der Waals surface area contributed by atoms with E-state index in [0.717, 1.165) is 41.1 Å². The highest BCUT2D eigenvalue weighted by Gasteiger charge is 2.34. The fourth-order valence-corrected chi connectivity index (χ4v) is 4.49. The van der Waals surface area contributed by atoms with Crippen molar-refractivity contribution in [1.29, 1.82) is 0 Å². The maximum atomic E-state index is 14.5. The molecule has 0 amide bonds. The average molecular weight is 345 g/mol. The Morgan fingerprint density at radius 2 is 1.76 bits per heavy atom.